The third-order valence-electron chi connectivity index (χ3n) is 12.2. The van der Waals surface area contributed by atoms with Gasteiger partial charge in [-0.1, -0.05) is 194 Å². The third-order valence-corrected chi connectivity index (χ3v) is 21.0. The molecule has 0 fully saturated rings. The fraction of sp³-hybridized carbons (Fsp3) is 0.0345. The second-order valence-electron chi connectivity index (χ2n) is 15.6. The lowest BCUT2D eigenvalue weighted by molar-refractivity contribution is -0.001000. The molecule has 0 bridgehead atoms. The summed E-state index contributed by atoms with van der Waals surface area (Å²) in [5.74, 6) is 0. The van der Waals surface area contributed by atoms with Crippen molar-refractivity contribution in [3.63, 3.8) is 0 Å². The minimum atomic E-state index is -2.43. The van der Waals surface area contributed by atoms with Gasteiger partial charge in [0, 0.05) is 11.1 Å². The molecule has 4 heteroatoms. The van der Waals surface area contributed by atoms with Crippen LogP contribution in [0.15, 0.2) is 255 Å². The summed E-state index contributed by atoms with van der Waals surface area (Å²) in [5, 5.41) is 13.4. The SMILES string of the molecule is [Br-].[Br-].c1ccc(C[P+](c2ccccc2)(c2ccccc2)c2ccc3ccccc3c2-c2c([P+](Cc3ccccc3)(c3ccccc3)c3ccccc3)ccc3ccccc23)cc1. The molecule has 62 heavy (non-hydrogen) atoms. The van der Waals surface area contributed by atoms with Gasteiger partial charge >= 0.3 is 0 Å². The number of hydrogen-bond acceptors (Lipinski definition) is 0. The zero-order valence-corrected chi connectivity index (χ0v) is 39.3. The lowest BCUT2D eigenvalue weighted by atomic mass is 9.93. The van der Waals surface area contributed by atoms with Crippen molar-refractivity contribution in [2.75, 3.05) is 0 Å². The molecule has 10 aromatic carbocycles. The topological polar surface area (TPSA) is 0 Å². The monoisotopic (exact) mass is 962 g/mol. The maximum absolute atomic E-state index is 2.52. The van der Waals surface area contributed by atoms with E-state index in [1.807, 2.05) is 0 Å². The van der Waals surface area contributed by atoms with Gasteiger partial charge in [0.25, 0.3) is 0 Å². The minimum absolute atomic E-state index is 0. The summed E-state index contributed by atoms with van der Waals surface area (Å²) in [6, 6.07) is 96.2. The van der Waals surface area contributed by atoms with Crippen molar-refractivity contribution >= 4 is 67.9 Å². The Labute approximate surface area is 388 Å². The normalized spacial score (nSPS) is 11.4. The van der Waals surface area contributed by atoms with Crippen LogP contribution in [0, 0.1) is 0 Å². The molecule has 10 rings (SSSR count). The molecule has 0 aliphatic rings. The molecule has 0 aliphatic carbocycles. The Morgan fingerprint density at radius 2 is 0.500 bits per heavy atom. The van der Waals surface area contributed by atoms with Gasteiger partial charge in [0.2, 0.25) is 0 Å². The van der Waals surface area contributed by atoms with Gasteiger partial charge in [0.1, 0.15) is 46.4 Å². The molecule has 0 aromatic heterocycles. The van der Waals surface area contributed by atoms with Crippen LogP contribution in [0.25, 0.3) is 32.7 Å². The Kier molecular flexibility index (Phi) is 13.4. The van der Waals surface area contributed by atoms with Crippen molar-refractivity contribution in [3.8, 4) is 11.1 Å². The molecule has 302 valence electrons. The van der Waals surface area contributed by atoms with Crippen LogP contribution < -0.4 is 65.8 Å². The molecule has 0 amide bonds. The van der Waals surface area contributed by atoms with Gasteiger partial charge in [-0.25, -0.2) is 0 Å². The Morgan fingerprint density at radius 3 is 0.806 bits per heavy atom. The highest BCUT2D eigenvalue weighted by atomic mass is 79.9. The lowest BCUT2D eigenvalue weighted by Gasteiger charge is -2.33. The fourth-order valence-electron chi connectivity index (χ4n) is 9.52. The Hall–Kier alpha value is -5.46. The van der Waals surface area contributed by atoms with Crippen molar-refractivity contribution < 1.29 is 34.0 Å². The quantitative estimate of drug-likeness (QED) is 0.128. The highest BCUT2D eigenvalue weighted by Gasteiger charge is 2.51. The highest BCUT2D eigenvalue weighted by molar-refractivity contribution is 7.96. The molecule has 0 N–H and O–H groups in total. The molecule has 0 saturated heterocycles. The van der Waals surface area contributed by atoms with Crippen molar-refractivity contribution in [3.05, 3.63) is 266 Å². The summed E-state index contributed by atoms with van der Waals surface area (Å²) in [4.78, 5) is 0. The van der Waals surface area contributed by atoms with Crippen molar-refractivity contribution in [2.24, 2.45) is 0 Å². The fourth-order valence-corrected chi connectivity index (χ4v) is 18.4. The molecule has 10 aromatic rings. The van der Waals surface area contributed by atoms with Gasteiger partial charge in [-0.3, -0.25) is 0 Å². The summed E-state index contributed by atoms with van der Waals surface area (Å²) in [6.07, 6.45) is 1.80. The van der Waals surface area contributed by atoms with E-state index in [4.69, 9.17) is 0 Å². The number of fused-ring (bicyclic) bond motifs is 2. The number of halogens is 2. The van der Waals surface area contributed by atoms with Gasteiger partial charge in [-0.15, -0.1) is 0 Å². The van der Waals surface area contributed by atoms with E-state index >= 15 is 0 Å². The average molecular weight is 965 g/mol. The average Bonchev–Trinajstić information content (AvgIpc) is 3.34. The van der Waals surface area contributed by atoms with Crippen LogP contribution in [-0.4, -0.2) is 0 Å². The minimum Gasteiger partial charge on any atom is -1.00 e. The zero-order chi connectivity index (χ0) is 40.2. The predicted octanol–water partition coefficient (Wildman–Crippen LogP) is 6.66. The van der Waals surface area contributed by atoms with E-state index in [1.54, 1.807) is 0 Å². The molecule has 0 spiro atoms. The first-order valence-corrected chi connectivity index (χ1v) is 24.8. The number of hydrogen-bond donors (Lipinski definition) is 0. The van der Waals surface area contributed by atoms with E-state index < -0.39 is 14.5 Å². The molecule has 0 nitrogen and oxygen atoms in total. The largest absolute Gasteiger partial charge is 1.00 e. The van der Waals surface area contributed by atoms with E-state index in [1.165, 1.54) is 75.6 Å². The number of rotatable bonds is 11. The Balaban J connectivity index is 0.00000264. The second kappa shape index (κ2) is 19.3. The van der Waals surface area contributed by atoms with E-state index in [0.717, 1.165) is 12.3 Å². The number of benzene rings is 10. The molecular weight excluding hydrogens is 918 g/mol. The van der Waals surface area contributed by atoms with Crippen molar-refractivity contribution in [1.82, 2.24) is 0 Å². The third kappa shape index (κ3) is 7.92. The van der Waals surface area contributed by atoms with E-state index in [0.29, 0.717) is 0 Å². The zero-order valence-electron chi connectivity index (χ0n) is 34.3. The molecule has 0 aliphatic heterocycles. The molecular formula is C58H46Br2P2. The van der Waals surface area contributed by atoms with E-state index in [-0.39, 0.29) is 34.0 Å². The first-order valence-electron chi connectivity index (χ1n) is 20.9. The highest BCUT2D eigenvalue weighted by Crippen LogP contribution is 2.64. The van der Waals surface area contributed by atoms with Crippen LogP contribution in [0.2, 0.25) is 0 Å². The molecule has 0 radical (unpaired) electrons. The van der Waals surface area contributed by atoms with E-state index in [2.05, 4.69) is 255 Å². The summed E-state index contributed by atoms with van der Waals surface area (Å²) < 4.78 is 0. The smallest absolute Gasteiger partial charge is 0.117 e. The summed E-state index contributed by atoms with van der Waals surface area (Å²) >= 11 is 0. The van der Waals surface area contributed by atoms with Crippen molar-refractivity contribution in [2.45, 2.75) is 12.3 Å². The molecule has 0 heterocycles. The molecule has 0 saturated carbocycles. The standard InChI is InChI=1S/C58H46P2.2BrH/c1-7-23-45(24-8-1)43-59(49-29-11-3-12-30-49,50-31-13-4-14-32-50)55-41-39-47-27-19-21-37-53(47)57(55)58-54-38-22-20-28-48(54)40-42-56(58)60(51-33-15-5-16-34-51,52-35-17-6-18-36-52)44-46-25-9-2-10-26-46;;/h1-42H,43-44H2;2*1H/q+2;;/p-2. The van der Waals surface area contributed by atoms with E-state index in [9.17, 15) is 0 Å². The summed E-state index contributed by atoms with van der Waals surface area (Å²) in [6.45, 7) is 0. The van der Waals surface area contributed by atoms with Crippen molar-refractivity contribution in [1.29, 1.82) is 0 Å². The van der Waals surface area contributed by atoms with Gasteiger partial charge in [0.05, 0.1) is 12.3 Å². The Morgan fingerprint density at radius 1 is 0.242 bits per heavy atom. The van der Waals surface area contributed by atoms with Gasteiger partial charge in [0.15, 0.2) is 0 Å². The van der Waals surface area contributed by atoms with Gasteiger partial charge in [-0.2, -0.15) is 0 Å². The first kappa shape index (κ1) is 43.2. The van der Waals surface area contributed by atoms with Gasteiger partial charge in [-0.05, 0) is 93.3 Å². The summed E-state index contributed by atoms with van der Waals surface area (Å²) in [7, 11) is -4.86. The second-order valence-corrected chi connectivity index (χ2v) is 22.5. The molecule has 0 atom stereocenters. The predicted molar refractivity (Wildman–Crippen MR) is 265 cm³/mol. The van der Waals surface area contributed by atoms with Crippen LogP contribution in [-0.2, 0) is 12.3 Å². The molecule has 0 unspecified atom stereocenters. The van der Waals surface area contributed by atoms with Crippen LogP contribution in [0.1, 0.15) is 11.1 Å². The van der Waals surface area contributed by atoms with Crippen LogP contribution in [0.3, 0.4) is 0 Å². The lowest BCUT2D eigenvalue weighted by Crippen LogP contribution is -3.00. The maximum atomic E-state index is 2.52. The Bertz CT molecular complexity index is 2730. The summed E-state index contributed by atoms with van der Waals surface area (Å²) in [5.41, 5.74) is 5.38. The van der Waals surface area contributed by atoms with Crippen LogP contribution in [0.4, 0.5) is 0 Å². The van der Waals surface area contributed by atoms with Gasteiger partial charge < -0.3 is 34.0 Å². The maximum Gasteiger partial charge on any atom is 0.117 e. The first-order chi connectivity index (χ1) is 29.8. The van der Waals surface area contributed by atoms with Crippen LogP contribution in [0.5, 0.6) is 0 Å². The van der Waals surface area contributed by atoms with Crippen LogP contribution >= 0.6 is 14.5 Å².